The van der Waals surface area contributed by atoms with Gasteiger partial charge in [0.2, 0.25) is 5.91 Å². The predicted molar refractivity (Wildman–Crippen MR) is 89.6 cm³/mol. The summed E-state index contributed by atoms with van der Waals surface area (Å²) in [6, 6.07) is 2.08. The van der Waals surface area contributed by atoms with E-state index in [9.17, 15) is 4.79 Å². The van der Waals surface area contributed by atoms with E-state index in [1.807, 2.05) is 6.92 Å². The lowest BCUT2D eigenvalue weighted by molar-refractivity contribution is -0.132. The Bertz CT molecular complexity index is 548. The number of aryl methyl sites for hydroxylation is 2. The van der Waals surface area contributed by atoms with Crippen molar-refractivity contribution in [1.29, 1.82) is 0 Å². The van der Waals surface area contributed by atoms with E-state index in [1.165, 1.54) is 9.75 Å². The number of amides is 1. The number of ether oxygens (including phenoxy) is 1. The number of rotatable bonds is 4. The third-order valence-corrected chi connectivity index (χ3v) is 5.52. The summed E-state index contributed by atoms with van der Waals surface area (Å²) in [4.78, 5) is 15.5. The molecule has 116 valence electrons. The second kappa shape index (κ2) is 6.42. The molecule has 2 rings (SSSR count). The highest BCUT2D eigenvalue weighted by Crippen LogP contribution is 2.33. The van der Waals surface area contributed by atoms with Gasteiger partial charge in [-0.1, -0.05) is 12.2 Å². The third-order valence-electron chi connectivity index (χ3n) is 4.15. The summed E-state index contributed by atoms with van der Waals surface area (Å²) in [7, 11) is 0. The van der Waals surface area contributed by atoms with E-state index < -0.39 is 5.41 Å². The zero-order valence-corrected chi connectivity index (χ0v) is 14.3. The number of nitrogens with one attached hydrogen (secondary N) is 1. The maximum atomic E-state index is 12.7. The van der Waals surface area contributed by atoms with Crippen molar-refractivity contribution in [2.75, 3.05) is 13.2 Å². The lowest BCUT2D eigenvalue weighted by Gasteiger charge is -2.35. The van der Waals surface area contributed by atoms with Crippen molar-refractivity contribution in [3.63, 3.8) is 0 Å². The number of thiocarbonyl (C=S) groups is 1. The molecule has 1 amide bonds. The SMILES string of the molecule is Cc1cc(C(C)NC(=O)C2(C(N)=S)CCOCC2)c(C)s1. The molecule has 1 unspecified atom stereocenters. The minimum Gasteiger partial charge on any atom is -0.392 e. The first-order chi connectivity index (χ1) is 9.86. The van der Waals surface area contributed by atoms with Crippen LogP contribution in [0.2, 0.25) is 0 Å². The standard InChI is InChI=1S/C15H22N2O2S2/c1-9-8-12(11(3)21-9)10(2)17-14(18)15(13(16)20)4-6-19-7-5-15/h8,10H,4-7H2,1-3H3,(H2,16,20)(H,17,18). The van der Waals surface area contributed by atoms with Gasteiger partial charge in [-0.2, -0.15) is 0 Å². The maximum absolute atomic E-state index is 12.7. The summed E-state index contributed by atoms with van der Waals surface area (Å²) in [6.07, 6.45) is 1.12. The number of hydrogen-bond donors (Lipinski definition) is 2. The first kappa shape index (κ1) is 16.4. The minimum atomic E-state index is -0.763. The van der Waals surface area contributed by atoms with Crippen LogP contribution in [-0.4, -0.2) is 24.1 Å². The van der Waals surface area contributed by atoms with Gasteiger partial charge in [-0.15, -0.1) is 11.3 Å². The predicted octanol–water partition coefficient (Wildman–Crippen LogP) is 2.63. The van der Waals surface area contributed by atoms with Crippen LogP contribution in [0.5, 0.6) is 0 Å². The molecular weight excluding hydrogens is 304 g/mol. The van der Waals surface area contributed by atoms with Crippen LogP contribution in [-0.2, 0) is 9.53 Å². The van der Waals surface area contributed by atoms with Gasteiger partial charge in [0.05, 0.1) is 11.0 Å². The van der Waals surface area contributed by atoms with Crippen molar-refractivity contribution in [3.05, 3.63) is 21.4 Å². The van der Waals surface area contributed by atoms with Gasteiger partial charge >= 0.3 is 0 Å². The van der Waals surface area contributed by atoms with Crippen molar-refractivity contribution >= 4 is 34.5 Å². The Morgan fingerprint density at radius 3 is 2.57 bits per heavy atom. The molecule has 1 aliphatic heterocycles. The molecule has 0 spiro atoms. The molecule has 4 nitrogen and oxygen atoms in total. The van der Waals surface area contributed by atoms with Crippen LogP contribution in [0.25, 0.3) is 0 Å². The molecule has 21 heavy (non-hydrogen) atoms. The molecule has 0 aromatic carbocycles. The first-order valence-corrected chi connectivity index (χ1v) is 8.35. The molecule has 1 aromatic heterocycles. The molecule has 2 heterocycles. The number of carbonyl (C=O) groups is 1. The van der Waals surface area contributed by atoms with Gasteiger partial charge in [-0.25, -0.2) is 0 Å². The van der Waals surface area contributed by atoms with Crippen molar-refractivity contribution < 1.29 is 9.53 Å². The number of nitrogens with two attached hydrogens (primary N) is 1. The molecule has 1 atom stereocenters. The van der Waals surface area contributed by atoms with Crippen molar-refractivity contribution in [2.24, 2.45) is 11.1 Å². The smallest absolute Gasteiger partial charge is 0.233 e. The average Bonchev–Trinajstić information content (AvgIpc) is 2.78. The molecule has 0 saturated carbocycles. The second-order valence-electron chi connectivity index (χ2n) is 5.62. The zero-order valence-electron chi connectivity index (χ0n) is 12.7. The largest absolute Gasteiger partial charge is 0.392 e. The van der Waals surface area contributed by atoms with Crippen molar-refractivity contribution in [2.45, 2.75) is 39.7 Å². The first-order valence-electron chi connectivity index (χ1n) is 7.12. The molecule has 1 fully saturated rings. The van der Waals surface area contributed by atoms with Crippen LogP contribution in [0.4, 0.5) is 0 Å². The molecule has 0 bridgehead atoms. The fourth-order valence-electron chi connectivity index (χ4n) is 2.80. The lowest BCUT2D eigenvalue weighted by Crippen LogP contribution is -2.52. The molecule has 3 N–H and O–H groups in total. The Balaban J connectivity index is 2.15. The third kappa shape index (κ3) is 3.27. The number of carbonyl (C=O) groups excluding carboxylic acids is 1. The van der Waals surface area contributed by atoms with Crippen molar-refractivity contribution in [1.82, 2.24) is 5.32 Å². The van der Waals surface area contributed by atoms with Crippen LogP contribution in [0.1, 0.15) is 41.1 Å². The van der Waals surface area contributed by atoms with Gasteiger partial charge in [0.1, 0.15) is 5.41 Å². The van der Waals surface area contributed by atoms with Gasteiger partial charge in [-0.05, 0) is 45.2 Å². The van der Waals surface area contributed by atoms with Crippen LogP contribution >= 0.6 is 23.6 Å². The second-order valence-corrected chi connectivity index (χ2v) is 7.52. The van der Waals surface area contributed by atoms with Crippen LogP contribution in [0, 0.1) is 19.3 Å². The Morgan fingerprint density at radius 2 is 2.10 bits per heavy atom. The van der Waals surface area contributed by atoms with Gasteiger partial charge in [0.25, 0.3) is 0 Å². The van der Waals surface area contributed by atoms with Crippen LogP contribution < -0.4 is 11.1 Å². The summed E-state index contributed by atoms with van der Waals surface area (Å²) < 4.78 is 5.34. The number of thiophene rings is 1. The summed E-state index contributed by atoms with van der Waals surface area (Å²) >= 11 is 6.91. The molecule has 0 radical (unpaired) electrons. The quantitative estimate of drug-likeness (QED) is 0.835. The Labute approximate surface area is 135 Å². The summed E-state index contributed by atoms with van der Waals surface area (Å²) in [5.74, 6) is -0.0750. The topological polar surface area (TPSA) is 64.4 Å². The zero-order chi connectivity index (χ0) is 15.6. The van der Waals surface area contributed by atoms with Gasteiger partial charge in [0.15, 0.2) is 0 Å². The summed E-state index contributed by atoms with van der Waals surface area (Å²) in [5, 5.41) is 3.09. The highest BCUT2D eigenvalue weighted by molar-refractivity contribution is 7.80. The fraction of sp³-hybridized carbons (Fsp3) is 0.600. The van der Waals surface area contributed by atoms with Gasteiger partial charge < -0.3 is 15.8 Å². The number of hydrogen-bond acceptors (Lipinski definition) is 4. The maximum Gasteiger partial charge on any atom is 0.233 e. The van der Waals surface area contributed by atoms with E-state index in [2.05, 4.69) is 25.2 Å². The monoisotopic (exact) mass is 326 g/mol. The molecule has 1 aromatic rings. The van der Waals surface area contributed by atoms with Crippen LogP contribution in [0.15, 0.2) is 6.07 Å². The van der Waals surface area contributed by atoms with E-state index in [1.54, 1.807) is 11.3 Å². The highest BCUT2D eigenvalue weighted by Gasteiger charge is 2.43. The van der Waals surface area contributed by atoms with E-state index >= 15 is 0 Å². The van der Waals surface area contributed by atoms with E-state index in [4.69, 9.17) is 22.7 Å². The van der Waals surface area contributed by atoms with E-state index in [-0.39, 0.29) is 16.9 Å². The fourth-order valence-corrected chi connectivity index (χ4v) is 4.12. The normalized spacial score (nSPS) is 19.0. The van der Waals surface area contributed by atoms with Gasteiger partial charge in [-0.3, -0.25) is 4.79 Å². The molecule has 6 heteroatoms. The van der Waals surface area contributed by atoms with E-state index in [0.29, 0.717) is 26.1 Å². The molecule has 1 saturated heterocycles. The van der Waals surface area contributed by atoms with Crippen molar-refractivity contribution in [3.8, 4) is 0 Å². The van der Waals surface area contributed by atoms with E-state index in [0.717, 1.165) is 5.56 Å². The Morgan fingerprint density at radius 1 is 1.48 bits per heavy atom. The molecular formula is C15H22N2O2S2. The van der Waals surface area contributed by atoms with Crippen LogP contribution in [0.3, 0.4) is 0 Å². The highest BCUT2D eigenvalue weighted by atomic mass is 32.1. The van der Waals surface area contributed by atoms with Gasteiger partial charge in [0, 0.05) is 23.0 Å². The lowest BCUT2D eigenvalue weighted by atomic mass is 9.79. The summed E-state index contributed by atoms with van der Waals surface area (Å²) in [6.45, 7) is 7.20. The molecule has 0 aliphatic carbocycles. The Kier molecular flexibility index (Phi) is 5.01. The minimum absolute atomic E-state index is 0.0449. The molecule has 1 aliphatic rings. The summed E-state index contributed by atoms with van der Waals surface area (Å²) in [5.41, 5.74) is 6.27. The Hall–Kier alpha value is -0.980. The average molecular weight is 326 g/mol.